The maximum atomic E-state index is 12.3. The van der Waals surface area contributed by atoms with Crippen LogP contribution < -0.4 is 10.6 Å². The van der Waals surface area contributed by atoms with Gasteiger partial charge in [0, 0.05) is 24.5 Å². The van der Waals surface area contributed by atoms with Crippen LogP contribution in [0.15, 0.2) is 42.5 Å². The van der Waals surface area contributed by atoms with Crippen molar-refractivity contribution < 1.29 is 14.7 Å². The molecule has 1 heterocycles. The molecular weight excluding hydrogens is 342 g/mol. The number of amides is 3. The molecule has 0 atom stereocenters. The van der Waals surface area contributed by atoms with E-state index in [2.05, 4.69) is 31.4 Å². The zero-order valence-electron chi connectivity index (χ0n) is 15.9. The van der Waals surface area contributed by atoms with Crippen molar-refractivity contribution in [3.63, 3.8) is 0 Å². The Morgan fingerprint density at radius 2 is 1.59 bits per heavy atom. The number of nitrogens with zero attached hydrogens (tertiary/aromatic N) is 1. The summed E-state index contributed by atoms with van der Waals surface area (Å²) >= 11 is 0. The summed E-state index contributed by atoms with van der Waals surface area (Å²) in [5.74, 6) is 0. The van der Waals surface area contributed by atoms with Gasteiger partial charge in [0.15, 0.2) is 0 Å². The number of carbonyl (C=O) groups is 2. The highest BCUT2D eigenvalue weighted by Gasteiger charge is 2.20. The number of benzene rings is 2. The number of rotatable bonds is 2. The Bertz CT molecular complexity index is 854. The molecule has 0 radical (unpaired) electrons. The van der Waals surface area contributed by atoms with Crippen molar-refractivity contribution in [2.45, 2.75) is 39.2 Å². The number of anilines is 2. The third-order valence-corrected chi connectivity index (χ3v) is 4.76. The van der Waals surface area contributed by atoms with Crippen LogP contribution in [-0.4, -0.2) is 28.7 Å². The molecule has 0 unspecified atom stereocenters. The van der Waals surface area contributed by atoms with Gasteiger partial charge in [-0.15, -0.1) is 0 Å². The van der Waals surface area contributed by atoms with Crippen molar-refractivity contribution in [2.75, 3.05) is 17.2 Å². The van der Waals surface area contributed by atoms with Crippen molar-refractivity contribution >= 4 is 23.5 Å². The Kier molecular flexibility index (Phi) is 5.08. The van der Waals surface area contributed by atoms with Gasteiger partial charge >= 0.3 is 12.1 Å². The molecule has 0 aliphatic carbocycles. The molecule has 0 spiro atoms. The molecule has 1 aliphatic heterocycles. The molecule has 0 aromatic heterocycles. The van der Waals surface area contributed by atoms with Crippen molar-refractivity contribution in [2.24, 2.45) is 0 Å². The predicted octanol–water partition coefficient (Wildman–Crippen LogP) is 4.66. The van der Waals surface area contributed by atoms with Crippen LogP contribution in [-0.2, 0) is 18.4 Å². The maximum absolute atomic E-state index is 12.3. The highest BCUT2D eigenvalue weighted by atomic mass is 16.4. The van der Waals surface area contributed by atoms with E-state index in [-0.39, 0.29) is 11.4 Å². The normalized spacial score (nSPS) is 13.7. The van der Waals surface area contributed by atoms with Gasteiger partial charge in [0.25, 0.3) is 0 Å². The molecule has 1 aliphatic rings. The van der Waals surface area contributed by atoms with Crippen LogP contribution in [0.2, 0.25) is 0 Å². The summed E-state index contributed by atoms with van der Waals surface area (Å²) in [6.07, 6.45) is -0.257. The summed E-state index contributed by atoms with van der Waals surface area (Å²) in [6, 6.07) is 13.1. The highest BCUT2D eigenvalue weighted by molar-refractivity contribution is 5.99. The van der Waals surface area contributed by atoms with Gasteiger partial charge in [0.05, 0.1) is 0 Å². The van der Waals surface area contributed by atoms with Crippen LogP contribution in [0.4, 0.5) is 21.0 Å². The highest BCUT2D eigenvalue weighted by Crippen LogP contribution is 2.24. The monoisotopic (exact) mass is 367 g/mol. The quantitative estimate of drug-likeness (QED) is 0.722. The Morgan fingerprint density at radius 3 is 2.22 bits per heavy atom. The SMILES string of the molecule is CC(C)(C)c1ccc(NC(=O)Nc2ccc3c(c2)CCN(C(=O)O)C3)cc1. The summed E-state index contributed by atoms with van der Waals surface area (Å²) < 4.78 is 0. The van der Waals surface area contributed by atoms with E-state index in [1.807, 2.05) is 36.4 Å². The van der Waals surface area contributed by atoms with E-state index in [1.54, 1.807) is 6.07 Å². The lowest BCUT2D eigenvalue weighted by molar-refractivity contribution is 0.140. The van der Waals surface area contributed by atoms with E-state index < -0.39 is 6.09 Å². The van der Waals surface area contributed by atoms with Crippen molar-refractivity contribution in [1.29, 1.82) is 0 Å². The van der Waals surface area contributed by atoms with Crippen LogP contribution in [0.3, 0.4) is 0 Å². The molecule has 0 fully saturated rings. The second kappa shape index (κ2) is 7.31. The smallest absolute Gasteiger partial charge is 0.407 e. The number of hydrogen-bond donors (Lipinski definition) is 3. The first-order valence-electron chi connectivity index (χ1n) is 9.00. The zero-order chi connectivity index (χ0) is 19.6. The van der Waals surface area contributed by atoms with Crippen molar-refractivity contribution in [1.82, 2.24) is 4.90 Å². The molecule has 6 heteroatoms. The minimum Gasteiger partial charge on any atom is -0.465 e. The third kappa shape index (κ3) is 4.58. The second-order valence-corrected chi connectivity index (χ2v) is 7.84. The Hall–Kier alpha value is -3.02. The van der Waals surface area contributed by atoms with E-state index in [0.717, 1.165) is 16.8 Å². The molecule has 6 nitrogen and oxygen atoms in total. The lowest BCUT2D eigenvalue weighted by Gasteiger charge is -2.26. The summed E-state index contributed by atoms with van der Waals surface area (Å²) in [5.41, 5.74) is 4.75. The Labute approximate surface area is 159 Å². The molecular formula is C21H25N3O3. The molecule has 3 amide bonds. The van der Waals surface area contributed by atoms with Crippen LogP contribution >= 0.6 is 0 Å². The molecule has 142 valence electrons. The minimum absolute atomic E-state index is 0.0696. The molecule has 2 aromatic rings. The first-order valence-corrected chi connectivity index (χ1v) is 9.00. The van der Waals surface area contributed by atoms with E-state index in [9.17, 15) is 9.59 Å². The zero-order valence-corrected chi connectivity index (χ0v) is 15.9. The summed E-state index contributed by atoms with van der Waals surface area (Å²) in [6.45, 7) is 7.30. The van der Waals surface area contributed by atoms with Crippen LogP contribution in [0.1, 0.15) is 37.5 Å². The minimum atomic E-state index is -0.903. The standard InChI is InChI=1S/C21H25N3O3/c1-21(2,3)16-5-8-17(9-6-16)22-19(25)23-18-7-4-15-13-24(20(26)27)11-10-14(15)12-18/h4-9,12H,10-11,13H2,1-3H3,(H,26,27)(H2,22,23,25). The molecule has 2 aromatic carbocycles. The van der Waals surface area contributed by atoms with Gasteiger partial charge < -0.3 is 20.6 Å². The number of urea groups is 1. The first kappa shape index (κ1) is 18.8. The van der Waals surface area contributed by atoms with Gasteiger partial charge in [-0.25, -0.2) is 9.59 Å². The van der Waals surface area contributed by atoms with E-state index in [1.165, 1.54) is 10.5 Å². The van der Waals surface area contributed by atoms with Gasteiger partial charge in [-0.2, -0.15) is 0 Å². The fraction of sp³-hybridized carbons (Fsp3) is 0.333. The van der Waals surface area contributed by atoms with Crippen molar-refractivity contribution in [3.8, 4) is 0 Å². The fourth-order valence-electron chi connectivity index (χ4n) is 3.14. The first-order chi connectivity index (χ1) is 12.7. The number of nitrogens with one attached hydrogen (secondary N) is 2. The van der Waals surface area contributed by atoms with E-state index >= 15 is 0 Å². The van der Waals surface area contributed by atoms with Gasteiger partial charge in [-0.05, 0) is 52.8 Å². The molecule has 0 saturated heterocycles. The largest absolute Gasteiger partial charge is 0.465 e. The van der Waals surface area contributed by atoms with Crippen LogP contribution in [0, 0.1) is 0 Å². The van der Waals surface area contributed by atoms with E-state index in [0.29, 0.717) is 25.2 Å². The second-order valence-electron chi connectivity index (χ2n) is 7.84. The predicted molar refractivity (Wildman–Crippen MR) is 106 cm³/mol. The lowest BCUT2D eigenvalue weighted by atomic mass is 9.87. The van der Waals surface area contributed by atoms with Crippen LogP contribution in [0.5, 0.6) is 0 Å². The lowest BCUT2D eigenvalue weighted by Crippen LogP contribution is -2.34. The summed E-state index contributed by atoms with van der Waals surface area (Å²) in [7, 11) is 0. The topological polar surface area (TPSA) is 81.7 Å². The third-order valence-electron chi connectivity index (χ3n) is 4.76. The molecule has 0 saturated carbocycles. The van der Waals surface area contributed by atoms with Gasteiger partial charge in [-0.1, -0.05) is 39.0 Å². The maximum Gasteiger partial charge on any atom is 0.407 e. The number of fused-ring (bicyclic) bond motifs is 1. The summed E-state index contributed by atoms with van der Waals surface area (Å²) in [4.78, 5) is 24.7. The van der Waals surface area contributed by atoms with Gasteiger partial charge in [0.1, 0.15) is 0 Å². The molecule has 27 heavy (non-hydrogen) atoms. The fourth-order valence-corrected chi connectivity index (χ4v) is 3.14. The number of carbonyl (C=O) groups excluding carboxylic acids is 1. The number of hydrogen-bond acceptors (Lipinski definition) is 2. The van der Waals surface area contributed by atoms with Crippen molar-refractivity contribution in [3.05, 3.63) is 59.2 Å². The average molecular weight is 367 g/mol. The Morgan fingerprint density at radius 1 is 0.963 bits per heavy atom. The Balaban J connectivity index is 1.62. The average Bonchev–Trinajstić information content (AvgIpc) is 2.60. The van der Waals surface area contributed by atoms with E-state index in [4.69, 9.17) is 5.11 Å². The van der Waals surface area contributed by atoms with Gasteiger partial charge in [0.2, 0.25) is 0 Å². The molecule has 0 bridgehead atoms. The molecule has 3 N–H and O–H groups in total. The van der Waals surface area contributed by atoms with Crippen LogP contribution in [0.25, 0.3) is 0 Å². The number of carboxylic acid groups (broad SMARTS) is 1. The summed E-state index contributed by atoms with van der Waals surface area (Å²) in [5, 5.41) is 14.8. The molecule has 3 rings (SSSR count). The van der Waals surface area contributed by atoms with Gasteiger partial charge in [-0.3, -0.25) is 0 Å².